The molecule has 0 bridgehead atoms. The zero-order chi connectivity index (χ0) is 27.5. The van der Waals surface area contributed by atoms with Crippen molar-refractivity contribution in [3.05, 3.63) is 143 Å². The second-order valence-corrected chi connectivity index (χ2v) is 11.1. The Hall–Kier alpha value is -3.83. The average Bonchev–Trinajstić information content (AvgIpc) is 3.21. The lowest BCUT2D eigenvalue weighted by atomic mass is 9.80. The Balaban J connectivity index is 1.14. The number of benzene rings is 4. The second-order valence-electron chi connectivity index (χ2n) is 11.1. The summed E-state index contributed by atoms with van der Waals surface area (Å²) in [7, 11) is 0. The van der Waals surface area contributed by atoms with Gasteiger partial charge in [-0.1, -0.05) is 72.8 Å². The zero-order valence-electron chi connectivity index (χ0n) is 22.6. The summed E-state index contributed by atoms with van der Waals surface area (Å²) in [6.07, 6.45) is 3.67. The molecule has 1 fully saturated rings. The van der Waals surface area contributed by atoms with Gasteiger partial charge >= 0.3 is 0 Å². The van der Waals surface area contributed by atoms with Gasteiger partial charge in [-0.25, -0.2) is 8.78 Å². The summed E-state index contributed by atoms with van der Waals surface area (Å²) in [6, 6.07) is 31.7. The fraction of sp³-hybridized carbons (Fsp3) is 0.286. The largest absolute Gasteiger partial charge is 0.324 e. The summed E-state index contributed by atoms with van der Waals surface area (Å²) in [6.45, 7) is 3.41. The number of carbonyl (C=O) groups excluding carboxylic acids is 1. The minimum atomic E-state index is -0.273. The molecule has 0 N–H and O–H groups in total. The Labute approximate surface area is 235 Å². The SMILES string of the molecule is O=C1c2ccccc2C2(CCN(CCCC(c3ccc(F)cc3)c3ccc(F)cc3)CC2)N1Cc1ccccc1. The number of halogens is 2. The molecule has 0 radical (unpaired) electrons. The highest BCUT2D eigenvalue weighted by atomic mass is 19.1. The van der Waals surface area contributed by atoms with Gasteiger partial charge in [0.05, 0.1) is 5.54 Å². The van der Waals surface area contributed by atoms with Crippen LogP contribution in [0.1, 0.15) is 64.2 Å². The number of piperidine rings is 1. The minimum absolute atomic E-state index is 0.0815. The third kappa shape index (κ3) is 5.18. The summed E-state index contributed by atoms with van der Waals surface area (Å²) < 4.78 is 27.2. The van der Waals surface area contributed by atoms with E-state index in [1.165, 1.54) is 29.8 Å². The first-order valence-electron chi connectivity index (χ1n) is 14.2. The lowest BCUT2D eigenvalue weighted by Gasteiger charge is -2.45. The smallest absolute Gasteiger partial charge is 0.255 e. The summed E-state index contributed by atoms with van der Waals surface area (Å²) >= 11 is 0. The maximum Gasteiger partial charge on any atom is 0.255 e. The highest BCUT2D eigenvalue weighted by Crippen LogP contribution is 2.47. The number of hydrogen-bond acceptors (Lipinski definition) is 2. The molecule has 2 aliphatic heterocycles. The number of rotatable bonds is 8. The maximum absolute atomic E-state index is 13.6. The first-order valence-corrected chi connectivity index (χ1v) is 14.2. The van der Waals surface area contributed by atoms with Crippen molar-refractivity contribution >= 4 is 5.91 Å². The normalized spacial score (nSPS) is 16.6. The van der Waals surface area contributed by atoms with Gasteiger partial charge in [-0.05, 0) is 84.8 Å². The number of likely N-dealkylation sites (tertiary alicyclic amines) is 1. The molecule has 3 nitrogen and oxygen atoms in total. The molecule has 1 saturated heterocycles. The Bertz CT molecular complexity index is 1400. The number of carbonyl (C=O) groups is 1. The number of hydrogen-bond donors (Lipinski definition) is 0. The molecular weight excluding hydrogens is 502 g/mol. The van der Waals surface area contributed by atoms with Gasteiger partial charge in [0.2, 0.25) is 0 Å². The Morgan fingerprint density at radius 3 is 1.93 bits per heavy atom. The molecule has 2 aliphatic rings. The highest BCUT2D eigenvalue weighted by Gasteiger charge is 2.50. The van der Waals surface area contributed by atoms with Crippen LogP contribution in [-0.4, -0.2) is 35.3 Å². The molecule has 204 valence electrons. The molecule has 1 spiro atoms. The van der Waals surface area contributed by atoms with E-state index in [0.717, 1.165) is 67.6 Å². The molecule has 4 aromatic rings. The summed E-state index contributed by atoms with van der Waals surface area (Å²) in [5, 5.41) is 0. The first kappa shape index (κ1) is 26.4. The fourth-order valence-corrected chi connectivity index (χ4v) is 6.67. The Kier molecular flexibility index (Phi) is 7.48. The van der Waals surface area contributed by atoms with Gasteiger partial charge in [-0.2, -0.15) is 0 Å². The van der Waals surface area contributed by atoms with Gasteiger partial charge in [0.15, 0.2) is 0 Å². The molecule has 0 unspecified atom stereocenters. The third-order valence-corrected chi connectivity index (χ3v) is 8.80. The van der Waals surface area contributed by atoms with Crippen molar-refractivity contribution in [1.29, 1.82) is 0 Å². The molecule has 4 aromatic carbocycles. The average molecular weight is 537 g/mol. The van der Waals surface area contributed by atoms with Crippen LogP contribution in [-0.2, 0) is 12.1 Å². The first-order chi connectivity index (χ1) is 19.5. The van der Waals surface area contributed by atoms with Crippen LogP contribution in [0.2, 0.25) is 0 Å². The number of amides is 1. The molecule has 40 heavy (non-hydrogen) atoms. The fourth-order valence-electron chi connectivity index (χ4n) is 6.67. The molecule has 0 saturated carbocycles. The van der Waals surface area contributed by atoms with Crippen molar-refractivity contribution in [2.45, 2.75) is 43.7 Å². The van der Waals surface area contributed by atoms with Crippen LogP contribution in [0.3, 0.4) is 0 Å². The lowest BCUT2D eigenvalue weighted by molar-refractivity contribution is 0.0228. The van der Waals surface area contributed by atoms with Gasteiger partial charge in [0, 0.05) is 31.1 Å². The van der Waals surface area contributed by atoms with Gasteiger partial charge in [-0.15, -0.1) is 0 Å². The van der Waals surface area contributed by atoms with Gasteiger partial charge in [-0.3, -0.25) is 4.79 Å². The monoisotopic (exact) mass is 536 g/mol. The molecule has 0 aliphatic carbocycles. The zero-order valence-corrected chi connectivity index (χ0v) is 22.6. The van der Waals surface area contributed by atoms with Crippen molar-refractivity contribution < 1.29 is 13.6 Å². The van der Waals surface area contributed by atoms with Crippen LogP contribution >= 0.6 is 0 Å². The third-order valence-electron chi connectivity index (χ3n) is 8.80. The van der Waals surface area contributed by atoms with Crippen molar-refractivity contribution in [2.24, 2.45) is 0 Å². The van der Waals surface area contributed by atoms with Gasteiger partial charge < -0.3 is 9.80 Å². The Morgan fingerprint density at radius 1 is 0.725 bits per heavy atom. The van der Waals surface area contributed by atoms with Crippen LogP contribution in [0.25, 0.3) is 0 Å². The topological polar surface area (TPSA) is 23.6 Å². The van der Waals surface area contributed by atoms with Gasteiger partial charge in [0.1, 0.15) is 11.6 Å². The predicted octanol–water partition coefficient (Wildman–Crippen LogP) is 7.52. The molecule has 2 heterocycles. The minimum Gasteiger partial charge on any atom is -0.324 e. The van der Waals surface area contributed by atoms with E-state index < -0.39 is 0 Å². The molecule has 0 atom stereocenters. The number of fused-ring (bicyclic) bond motifs is 2. The van der Waals surface area contributed by atoms with Crippen molar-refractivity contribution in [3.63, 3.8) is 0 Å². The van der Waals surface area contributed by atoms with Gasteiger partial charge in [0.25, 0.3) is 5.91 Å². The van der Waals surface area contributed by atoms with E-state index in [4.69, 9.17) is 0 Å². The van der Waals surface area contributed by atoms with Crippen molar-refractivity contribution in [2.75, 3.05) is 19.6 Å². The van der Waals surface area contributed by atoms with E-state index in [1.807, 2.05) is 54.6 Å². The standard InChI is InChI=1S/C35H34F2N2O/c36-29-16-12-27(13-17-29)31(28-14-18-30(37)19-15-28)10-6-22-38-23-20-35(21-24-38)33-11-5-4-9-32(33)34(40)39(35)25-26-7-2-1-3-8-26/h1-5,7-9,11-19,31H,6,10,20-25H2. The van der Waals surface area contributed by atoms with Crippen LogP contribution in [0.5, 0.6) is 0 Å². The molecular formula is C35H34F2N2O. The van der Waals surface area contributed by atoms with E-state index >= 15 is 0 Å². The summed E-state index contributed by atoms with van der Waals surface area (Å²) in [5.74, 6) is -0.290. The molecule has 5 heteroatoms. The van der Waals surface area contributed by atoms with Crippen molar-refractivity contribution in [1.82, 2.24) is 9.80 Å². The lowest BCUT2D eigenvalue weighted by Crippen LogP contribution is -2.51. The molecule has 1 amide bonds. The highest BCUT2D eigenvalue weighted by molar-refractivity contribution is 6.00. The van der Waals surface area contributed by atoms with E-state index in [9.17, 15) is 13.6 Å². The maximum atomic E-state index is 13.6. The van der Waals surface area contributed by atoms with Crippen LogP contribution in [0.4, 0.5) is 8.78 Å². The van der Waals surface area contributed by atoms with E-state index in [-0.39, 0.29) is 29.0 Å². The van der Waals surface area contributed by atoms with Crippen LogP contribution in [0, 0.1) is 11.6 Å². The van der Waals surface area contributed by atoms with Crippen LogP contribution in [0.15, 0.2) is 103 Å². The molecule has 0 aromatic heterocycles. The molecule has 6 rings (SSSR count). The van der Waals surface area contributed by atoms with E-state index in [2.05, 4.69) is 34.1 Å². The summed E-state index contributed by atoms with van der Waals surface area (Å²) in [5.41, 5.74) is 4.98. The number of nitrogens with zero attached hydrogens (tertiary/aromatic N) is 2. The predicted molar refractivity (Wildman–Crippen MR) is 154 cm³/mol. The van der Waals surface area contributed by atoms with Crippen molar-refractivity contribution in [3.8, 4) is 0 Å². The van der Waals surface area contributed by atoms with Crippen LogP contribution < -0.4 is 0 Å². The second kappa shape index (κ2) is 11.3. The summed E-state index contributed by atoms with van der Waals surface area (Å²) in [4.78, 5) is 18.2. The van der Waals surface area contributed by atoms with E-state index in [1.54, 1.807) is 0 Å². The Morgan fingerprint density at radius 2 is 1.30 bits per heavy atom. The van der Waals surface area contributed by atoms with E-state index in [0.29, 0.717) is 6.54 Å². The quantitative estimate of drug-likeness (QED) is 0.232.